The maximum Gasteiger partial charge on any atom is 0.264 e. The first-order valence-electron chi connectivity index (χ1n) is 10.5. The molecule has 1 aliphatic rings. The first-order chi connectivity index (χ1) is 15.9. The van der Waals surface area contributed by atoms with Gasteiger partial charge in [0, 0.05) is 21.2 Å². The summed E-state index contributed by atoms with van der Waals surface area (Å²) < 4.78 is 0. The molecule has 0 radical (unpaired) electrons. The Hall–Kier alpha value is -3.18. The van der Waals surface area contributed by atoms with Crippen LogP contribution in [0.1, 0.15) is 27.9 Å². The fourth-order valence-electron chi connectivity index (χ4n) is 4.45. The van der Waals surface area contributed by atoms with Gasteiger partial charge in [0.15, 0.2) is 11.4 Å². The third-order valence-corrected chi connectivity index (χ3v) is 6.68. The maximum absolute atomic E-state index is 13.6. The van der Waals surface area contributed by atoms with E-state index < -0.39 is 11.5 Å². The summed E-state index contributed by atoms with van der Waals surface area (Å²) in [7, 11) is 0. The van der Waals surface area contributed by atoms with E-state index >= 15 is 0 Å². The molecule has 0 spiro atoms. The molecule has 6 heteroatoms. The standard InChI is InChI=1S/C27H19Cl2NO3/c28-19-13-12-18(23(29)14-19)16-30-24-11-4-3-10-22(24)27(33,26(30)32)15-25(31)21-9-5-7-17-6-1-2-8-20(17)21/h1-14,33H,15-16H2. The van der Waals surface area contributed by atoms with Crippen molar-refractivity contribution in [3.8, 4) is 0 Å². The normalized spacial score (nSPS) is 17.4. The van der Waals surface area contributed by atoms with E-state index in [0.717, 1.165) is 10.8 Å². The van der Waals surface area contributed by atoms with E-state index in [0.29, 0.717) is 32.4 Å². The van der Waals surface area contributed by atoms with Gasteiger partial charge < -0.3 is 10.0 Å². The molecule has 1 amide bonds. The molecular formula is C27H19Cl2NO3. The predicted molar refractivity (Wildman–Crippen MR) is 131 cm³/mol. The second kappa shape index (κ2) is 8.31. The number of carbonyl (C=O) groups is 2. The molecular weight excluding hydrogens is 457 g/mol. The molecule has 33 heavy (non-hydrogen) atoms. The molecule has 4 aromatic rings. The molecule has 1 unspecified atom stereocenters. The molecule has 0 saturated heterocycles. The zero-order valence-corrected chi connectivity index (χ0v) is 19.0. The Kier molecular flexibility index (Phi) is 5.45. The van der Waals surface area contributed by atoms with Crippen LogP contribution in [0.2, 0.25) is 10.0 Å². The molecule has 0 bridgehead atoms. The maximum atomic E-state index is 13.6. The Morgan fingerprint density at radius 3 is 2.45 bits per heavy atom. The summed E-state index contributed by atoms with van der Waals surface area (Å²) in [4.78, 5) is 28.4. The number of para-hydroxylation sites is 1. The number of aliphatic hydroxyl groups is 1. The van der Waals surface area contributed by atoms with Crippen molar-refractivity contribution in [3.05, 3.63) is 112 Å². The number of carbonyl (C=O) groups excluding carboxylic acids is 2. The number of ketones is 1. The topological polar surface area (TPSA) is 57.6 Å². The van der Waals surface area contributed by atoms with E-state index in [2.05, 4.69) is 0 Å². The first kappa shape index (κ1) is 21.7. The second-order valence-corrected chi connectivity index (χ2v) is 8.97. The van der Waals surface area contributed by atoms with Gasteiger partial charge in [-0.2, -0.15) is 0 Å². The van der Waals surface area contributed by atoms with Gasteiger partial charge in [0.2, 0.25) is 0 Å². The summed E-state index contributed by atoms with van der Waals surface area (Å²) in [5.41, 5.74) is 0.166. The number of hydrogen-bond acceptors (Lipinski definition) is 3. The molecule has 4 nitrogen and oxygen atoms in total. The van der Waals surface area contributed by atoms with E-state index in [1.54, 1.807) is 54.6 Å². The summed E-state index contributed by atoms with van der Waals surface area (Å²) >= 11 is 12.3. The van der Waals surface area contributed by atoms with Gasteiger partial charge in [-0.3, -0.25) is 9.59 Å². The smallest absolute Gasteiger partial charge is 0.264 e. The number of benzene rings is 4. The van der Waals surface area contributed by atoms with Crippen LogP contribution in [-0.2, 0) is 16.9 Å². The molecule has 164 valence electrons. The van der Waals surface area contributed by atoms with Crippen LogP contribution in [0.25, 0.3) is 10.8 Å². The quantitative estimate of drug-likeness (QED) is 0.352. The molecule has 0 saturated carbocycles. The van der Waals surface area contributed by atoms with Crippen LogP contribution < -0.4 is 4.90 Å². The average molecular weight is 476 g/mol. The predicted octanol–water partition coefficient (Wildman–Crippen LogP) is 6.15. The summed E-state index contributed by atoms with van der Waals surface area (Å²) in [6.07, 6.45) is -0.359. The highest BCUT2D eigenvalue weighted by Gasteiger charge is 2.50. The number of halogens is 2. The van der Waals surface area contributed by atoms with Crippen LogP contribution in [0.4, 0.5) is 5.69 Å². The van der Waals surface area contributed by atoms with Crippen molar-refractivity contribution >= 4 is 51.4 Å². The molecule has 0 aliphatic carbocycles. The van der Waals surface area contributed by atoms with Crippen LogP contribution in [0.15, 0.2) is 84.9 Å². The van der Waals surface area contributed by atoms with E-state index in [4.69, 9.17) is 23.2 Å². The highest BCUT2D eigenvalue weighted by molar-refractivity contribution is 6.35. The number of nitrogens with zero attached hydrogens (tertiary/aromatic N) is 1. The lowest BCUT2D eigenvalue weighted by Gasteiger charge is -2.23. The van der Waals surface area contributed by atoms with Gasteiger partial charge in [-0.25, -0.2) is 0 Å². The minimum Gasteiger partial charge on any atom is -0.375 e. The van der Waals surface area contributed by atoms with Crippen LogP contribution in [-0.4, -0.2) is 16.8 Å². The largest absolute Gasteiger partial charge is 0.375 e. The summed E-state index contributed by atoms with van der Waals surface area (Å²) in [5, 5.41) is 14.2. The van der Waals surface area contributed by atoms with E-state index in [1.165, 1.54) is 4.90 Å². The van der Waals surface area contributed by atoms with Gasteiger partial charge in [-0.15, -0.1) is 0 Å². The van der Waals surface area contributed by atoms with Gasteiger partial charge >= 0.3 is 0 Å². The average Bonchev–Trinajstić information content (AvgIpc) is 3.02. The van der Waals surface area contributed by atoms with Crippen molar-refractivity contribution in [1.29, 1.82) is 0 Å². The molecule has 1 N–H and O–H groups in total. The van der Waals surface area contributed by atoms with E-state index in [-0.39, 0.29) is 18.7 Å². The minimum atomic E-state index is -1.97. The molecule has 5 rings (SSSR count). The third kappa shape index (κ3) is 3.70. The van der Waals surface area contributed by atoms with Crippen LogP contribution >= 0.6 is 23.2 Å². The highest BCUT2D eigenvalue weighted by atomic mass is 35.5. The number of Topliss-reactive ketones (excluding diaryl/α,β-unsaturated/α-hetero) is 1. The summed E-state index contributed by atoms with van der Waals surface area (Å²) in [6, 6.07) is 25.1. The molecule has 1 heterocycles. The Morgan fingerprint density at radius 2 is 1.64 bits per heavy atom. The minimum absolute atomic E-state index is 0.149. The Labute approximate surface area is 201 Å². The molecule has 0 aromatic heterocycles. The van der Waals surface area contributed by atoms with Crippen molar-refractivity contribution in [2.75, 3.05) is 4.90 Å². The monoisotopic (exact) mass is 475 g/mol. The Bertz CT molecular complexity index is 1410. The van der Waals surface area contributed by atoms with Crippen LogP contribution in [0, 0.1) is 0 Å². The highest BCUT2D eigenvalue weighted by Crippen LogP contribution is 2.44. The van der Waals surface area contributed by atoms with E-state index in [1.807, 2.05) is 30.3 Å². The van der Waals surface area contributed by atoms with Gasteiger partial charge in [-0.1, -0.05) is 89.9 Å². The van der Waals surface area contributed by atoms with Crippen molar-refractivity contribution in [2.24, 2.45) is 0 Å². The SMILES string of the molecule is O=C(CC1(O)C(=O)N(Cc2ccc(Cl)cc2Cl)c2ccccc21)c1cccc2ccccc12. The van der Waals surface area contributed by atoms with Crippen molar-refractivity contribution in [2.45, 2.75) is 18.6 Å². The number of fused-ring (bicyclic) bond motifs is 2. The second-order valence-electron chi connectivity index (χ2n) is 8.13. The molecule has 1 aliphatic heterocycles. The van der Waals surface area contributed by atoms with Crippen LogP contribution in [0.3, 0.4) is 0 Å². The molecule has 0 fully saturated rings. The summed E-state index contributed by atoms with van der Waals surface area (Å²) in [6.45, 7) is 0.149. The van der Waals surface area contributed by atoms with Crippen molar-refractivity contribution < 1.29 is 14.7 Å². The Balaban J connectivity index is 1.52. The first-order valence-corrected chi connectivity index (χ1v) is 11.2. The number of hydrogen-bond donors (Lipinski definition) is 1. The van der Waals surface area contributed by atoms with Crippen LogP contribution in [0.5, 0.6) is 0 Å². The Morgan fingerprint density at radius 1 is 0.909 bits per heavy atom. The van der Waals surface area contributed by atoms with Gasteiger partial charge in [0.05, 0.1) is 18.7 Å². The van der Waals surface area contributed by atoms with E-state index in [9.17, 15) is 14.7 Å². The van der Waals surface area contributed by atoms with Gasteiger partial charge in [0.1, 0.15) is 0 Å². The lowest BCUT2D eigenvalue weighted by molar-refractivity contribution is -0.136. The number of amides is 1. The van der Waals surface area contributed by atoms with Crippen molar-refractivity contribution in [3.63, 3.8) is 0 Å². The molecule has 1 atom stereocenters. The lowest BCUT2D eigenvalue weighted by atomic mass is 9.87. The molecule has 4 aromatic carbocycles. The fourth-order valence-corrected chi connectivity index (χ4v) is 4.92. The summed E-state index contributed by atoms with van der Waals surface area (Å²) in [5.74, 6) is -0.855. The zero-order valence-electron chi connectivity index (χ0n) is 17.5. The van der Waals surface area contributed by atoms with Gasteiger partial charge in [0.25, 0.3) is 5.91 Å². The van der Waals surface area contributed by atoms with Crippen molar-refractivity contribution in [1.82, 2.24) is 0 Å². The third-order valence-electron chi connectivity index (χ3n) is 6.09. The van der Waals surface area contributed by atoms with Gasteiger partial charge in [-0.05, 0) is 34.5 Å². The lowest BCUT2D eigenvalue weighted by Crippen LogP contribution is -2.41. The zero-order chi connectivity index (χ0) is 23.2. The number of rotatable bonds is 5. The fraction of sp³-hybridized carbons (Fsp3) is 0.111. The number of anilines is 1.